The molecule has 1 aliphatic rings. The molecule has 0 radical (unpaired) electrons. The fourth-order valence-electron chi connectivity index (χ4n) is 2.06. The van der Waals surface area contributed by atoms with Crippen LogP contribution in [0, 0.1) is 5.92 Å². The van der Waals surface area contributed by atoms with Crippen LogP contribution in [0.2, 0.25) is 0 Å². The van der Waals surface area contributed by atoms with Gasteiger partial charge in [0, 0.05) is 44.4 Å². The number of hydrogen-bond donors (Lipinski definition) is 0. The molecule has 0 bridgehead atoms. The average molecular weight is 226 g/mol. The number of hydrogen-bond acceptors (Lipinski definition) is 2. The molecule has 2 nitrogen and oxygen atoms in total. The van der Waals surface area contributed by atoms with E-state index in [1.165, 1.54) is 0 Å². The van der Waals surface area contributed by atoms with Gasteiger partial charge in [0.1, 0.15) is 0 Å². The van der Waals surface area contributed by atoms with Gasteiger partial charge in [0.25, 0.3) is 5.92 Å². The molecular weight excluding hydrogens is 210 g/mol. The van der Waals surface area contributed by atoms with E-state index in [9.17, 15) is 8.78 Å². The number of aromatic nitrogens is 1. The molecule has 0 N–H and O–H groups in total. The van der Waals surface area contributed by atoms with Gasteiger partial charge in [-0.3, -0.25) is 9.88 Å². The Labute approximate surface area is 94.3 Å². The number of likely N-dealkylation sites (tertiary alicyclic amines) is 1. The summed E-state index contributed by atoms with van der Waals surface area (Å²) in [5, 5.41) is 0. The number of piperidine rings is 1. The lowest BCUT2D eigenvalue weighted by Crippen LogP contribution is -2.45. The molecule has 0 saturated carbocycles. The van der Waals surface area contributed by atoms with E-state index < -0.39 is 11.8 Å². The molecule has 1 unspecified atom stereocenters. The van der Waals surface area contributed by atoms with Crippen LogP contribution in [0.4, 0.5) is 8.78 Å². The average Bonchev–Trinajstić information content (AvgIpc) is 2.26. The zero-order chi connectivity index (χ0) is 11.6. The lowest BCUT2D eigenvalue weighted by molar-refractivity contribution is -0.100. The van der Waals surface area contributed by atoms with Crippen LogP contribution in [0.5, 0.6) is 0 Å². The summed E-state index contributed by atoms with van der Waals surface area (Å²) in [6, 6.07) is 3.86. The first-order chi connectivity index (χ1) is 7.58. The number of halogens is 2. The number of nitrogens with zero attached hydrogens (tertiary/aromatic N) is 2. The summed E-state index contributed by atoms with van der Waals surface area (Å²) in [5.74, 6) is -3.04. The highest BCUT2D eigenvalue weighted by Crippen LogP contribution is 2.33. The minimum absolute atomic E-state index is 0.0285. The van der Waals surface area contributed by atoms with Crippen LogP contribution in [-0.2, 0) is 6.54 Å². The Morgan fingerprint density at radius 3 is 2.75 bits per heavy atom. The van der Waals surface area contributed by atoms with E-state index in [1.807, 2.05) is 12.1 Å². The molecule has 0 amide bonds. The molecule has 1 saturated heterocycles. The number of rotatable bonds is 2. The summed E-state index contributed by atoms with van der Waals surface area (Å²) in [6.07, 6.45) is 3.44. The van der Waals surface area contributed by atoms with Crippen LogP contribution < -0.4 is 0 Å². The van der Waals surface area contributed by atoms with E-state index in [1.54, 1.807) is 19.3 Å². The van der Waals surface area contributed by atoms with Crippen molar-refractivity contribution in [2.75, 3.05) is 13.1 Å². The maximum absolute atomic E-state index is 13.3. The molecule has 1 aromatic heterocycles. The van der Waals surface area contributed by atoms with Crippen molar-refractivity contribution in [1.29, 1.82) is 0 Å². The molecule has 1 aliphatic heterocycles. The molecule has 16 heavy (non-hydrogen) atoms. The summed E-state index contributed by atoms with van der Waals surface area (Å²) in [4.78, 5) is 6.02. The molecule has 0 spiro atoms. The largest absolute Gasteiger partial charge is 0.298 e. The predicted octanol–water partition coefficient (Wildman–Crippen LogP) is 2.56. The van der Waals surface area contributed by atoms with E-state index >= 15 is 0 Å². The summed E-state index contributed by atoms with van der Waals surface area (Å²) in [6.45, 7) is 3.30. The molecule has 4 heteroatoms. The molecule has 0 aliphatic carbocycles. The smallest absolute Gasteiger partial charge is 0.253 e. The van der Waals surface area contributed by atoms with Gasteiger partial charge in [-0.05, 0) is 17.7 Å². The van der Waals surface area contributed by atoms with Crippen LogP contribution >= 0.6 is 0 Å². The van der Waals surface area contributed by atoms with Gasteiger partial charge in [0.15, 0.2) is 0 Å². The normalized spacial score (nSPS) is 25.6. The minimum atomic E-state index is -2.49. The third-order valence-corrected chi connectivity index (χ3v) is 3.17. The highest BCUT2D eigenvalue weighted by Gasteiger charge is 2.40. The molecule has 2 heterocycles. The van der Waals surface area contributed by atoms with Crippen LogP contribution in [0.1, 0.15) is 18.9 Å². The van der Waals surface area contributed by atoms with Gasteiger partial charge in [-0.1, -0.05) is 6.92 Å². The number of alkyl halides is 2. The first-order valence-electron chi connectivity index (χ1n) is 5.57. The first kappa shape index (κ1) is 11.5. The van der Waals surface area contributed by atoms with E-state index in [4.69, 9.17) is 0 Å². The predicted molar refractivity (Wildman–Crippen MR) is 58.2 cm³/mol. The summed E-state index contributed by atoms with van der Waals surface area (Å²) in [5.41, 5.74) is 1.13. The zero-order valence-corrected chi connectivity index (χ0v) is 9.37. The molecule has 1 aromatic rings. The Bertz CT molecular complexity index is 340. The molecule has 0 aromatic carbocycles. The second-order valence-electron chi connectivity index (χ2n) is 4.50. The second kappa shape index (κ2) is 4.45. The molecule has 1 atom stereocenters. The lowest BCUT2D eigenvalue weighted by Gasteiger charge is -2.36. The van der Waals surface area contributed by atoms with E-state index in [-0.39, 0.29) is 6.42 Å². The molecular formula is C12H16F2N2. The van der Waals surface area contributed by atoms with Gasteiger partial charge in [0.2, 0.25) is 0 Å². The third kappa shape index (κ3) is 2.55. The Hall–Kier alpha value is -1.03. The van der Waals surface area contributed by atoms with Gasteiger partial charge in [0.05, 0.1) is 0 Å². The topological polar surface area (TPSA) is 16.1 Å². The van der Waals surface area contributed by atoms with E-state index in [0.717, 1.165) is 12.1 Å². The fraction of sp³-hybridized carbons (Fsp3) is 0.583. The highest BCUT2D eigenvalue weighted by molar-refractivity contribution is 5.09. The first-order valence-corrected chi connectivity index (χ1v) is 5.57. The van der Waals surface area contributed by atoms with E-state index in [0.29, 0.717) is 13.1 Å². The van der Waals surface area contributed by atoms with Crippen molar-refractivity contribution >= 4 is 0 Å². The van der Waals surface area contributed by atoms with Crippen molar-refractivity contribution in [3.8, 4) is 0 Å². The van der Waals surface area contributed by atoms with Crippen molar-refractivity contribution in [2.24, 2.45) is 5.92 Å². The van der Waals surface area contributed by atoms with Gasteiger partial charge in [-0.25, -0.2) is 8.78 Å². The fourth-order valence-corrected chi connectivity index (χ4v) is 2.06. The maximum atomic E-state index is 13.3. The maximum Gasteiger partial charge on any atom is 0.253 e. The Kier molecular flexibility index (Phi) is 3.19. The van der Waals surface area contributed by atoms with Crippen molar-refractivity contribution in [3.05, 3.63) is 30.1 Å². The Balaban J connectivity index is 1.94. The van der Waals surface area contributed by atoms with Crippen molar-refractivity contribution in [2.45, 2.75) is 25.8 Å². The van der Waals surface area contributed by atoms with Crippen molar-refractivity contribution in [3.63, 3.8) is 0 Å². The number of pyridine rings is 1. The second-order valence-corrected chi connectivity index (χ2v) is 4.50. The Morgan fingerprint density at radius 1 is 1.44 bits per heavy atom. The molecule has 1 fully saturated rings. The van der Waals surface area contributed by atoms with Crippen molar-refractivity contribution < 1.29 is 8.78 Å². The van der Waals surface area contributed by atoms with Crippen LogP contribution in [0.3, 0.4) is 0 Å². The van der Waals surface area contributed by atoms with Gasteiger partial charge >= 0.3 is 0 Å². The van der Waals surface area contributed by atoms with Gasteiger partial charge in [-0.15, -0.1) is 0 Å². The van der Waals surface area contributed by atoms with E-state index in [2.05, 4.69) is 9.88 Å². The lowest BCUT2D eigenvalue weighted by atomic mass is 9.95. The third-order valence-electron chi connectivity index (χ3n) is 3.17. The molecule has 88 valence electrons. The monoisotopic (exact) mass is 226 g/mol. The standard InChI is InChI=1S/C12H16F2N2/c1-10-8-16(7-4-12(10,13)14)9-11-2-5-15-6-3-11/h2-3,5-6,10H,4,7-9H2,1H3. The SMILES string of the molecule is CC1CN(Cc2ccncc2)CCC1(F)F. The minimum Gasteiger partial charge on any atom is -0.298 e. The van der Waals surface area contributed by atoms with Crippen molar-refractivity contribution in [1.82, 2.24) is 9.88 Å². The van der Waals surface area contributed by atoms with Crippen LogP contribution in [0.25, 0.3) is 0 Å². The highest BCUT2D eigenvalue weighted by atomic mass is 19.3. The van der Waals surface area contributed by atoms with Crippen LogP contribution in [-0.4, -0.2) is 28.9 Å². The summed E-state index contributed by atoms with van der Waals surface area (Å²) >= 11 is 0. The summed E-state index contributed by atoms with van der Waals surface area (Å²) in [7, 11) is 0. The van der Waals surface area contributed by atoms with Gasteiger partial charge in [-0.2, -0.15) is 0 Å². The summed E-state index contributed by atoms with van der Waals surface area (Å²) < 4.78 is 26.5. The zero-order valence-electron chi connectivity index (χ0n) is 9.37. The van der Waals surface area contributed by atoms with Crippen LogP contribution in [0.15, 0.2) is 24.5 Å². The Morgan fingerprint density at radius 2 is 2.12 bits per heavy atom. The van der Waals surface area contributed by atoms with Gasteiger partial charge < -0.3 is 0 Å². The molecule has 2 rings (SSSR count). The quantitative estimate of drug-likeness (QED) is 0.770.